The van der Waals surface area contributed by atoms with Crippen molar-refractivity contribution in [2.45, 2.75) is 39.2 Å². The second-order valence-electron chi connectivity index (χ2n) is 6.69. The number of amides is 1. The molecule has 0 aliphatic carbocycles. The number of ether oxygens (including phenoxy) is 1. The maximum Gasteiger partial charge on any atom is 0.409 e. The van der Waals surface area contributed by atoms with Crippen molar-refractivity contribution in [3.05, 3.63) is 30.1 Å². The molecule has 0 unspecified atom stereocenters. The summed E-state index contributed by atoms with van der Waals surface area (Å²) in [5.41, 5.74) is 1.72. The van der Waals surface area contributed by atoms with Crippen molar-refractivity contribution in [3.8, 4) is 0 Å². The number of rotatable bonds is 4. The Labute approximate surface area is 157 Å². The zero-order valence-corrected chi connectivity index (χ0v) is 15.7. The molecule has 8 heteroatoms. The van der Waals surface area contributed by atoms with Crippen LogP contribution >= 0.6 is 0 Å². The van der Waals surface area contributed by atoms with E-state index in [0.717, 1.165) is 47.6 Å². The van der Waals surface area contributed by atoms with E-state index in [2.05, 4.69) is 22.4 Å². The number of nitrogens with one attached hydrogen (secondary N) is 1. The van der Waals surface area contributed by atoms with Gasteiger partial charge in [-0.15, -0.1) is 10.2 Å². The molecule has 1 amide bonds. The minimum Gasteiger partial charge on any atom is -0.450 e. The van der Waals surface area contributed by atoms with E-state index in [9.17, 15) is 4.79 Å². The van der Waals surface area contributed by atoms with Crippen molar-refractivity contribution in [2.75, 3.05) is 25.0 Å². The SMILES string of the molecule is CCOC(=O)N1CCC(Nc2nc3ccccc3c3nnc(CC)n23)CC1. The summed E-state index contributed by atoms with van der Waals surface area (Å²) in [6, 6.07) is 8.21. The number of likely N-dealkylation sites (tertiary alicyclic amines) is 1. The molecule has 0 spiro atoms. The van der Waals surface area contributed by atoms with E-state index in [-0.39, 0.29) is 12.1 Å². The van der Waals surface area contributed by atoms with Gasteiger partial charge >= 0.3 is 6.09 Å². The number of aromatic nitrogens is 4. The van der Waals surface area contributed by atoms with Crippen molar-refractivity contribution < 1.29 is 9.53 Å². The lowest BCUT2D eigenvalue weighted by atomic mass is 10.1. The average Bonchev–Trinajstić information content (AvgIpc) is 3.14. The highest BCUT2D eigenvalue weighted by Crippen LogP contribution is 2.24. The predicted octanol–water partition coefficient (Wildman–Crippen LogP) is 2.87. The maximum absolute atomic E-state index is 11.9. The standard InChI is InChI=1S/C19H24N6O2/c1-3-16-22-23-17-14-7-5-6-8-15(14)21-18(25(16)17)20-13-9-11-24(12-10-13)19(26)27-4-2/h5-8,13H,3-4,9-12H2,1-2H3,(H,20,21). The third kappa shape index (κ3) is 3.27. The number of nitrogens with zero attached hydrogens (tertiary/aromatic N) is 5. The van der Waals surface area contributed by atoms with Crippen molar-refractivity contribution in [3.63, 3.8) is 0 Å². The number of piperidine rings is 1. The second-order valence-corrected chi connectivity index (χ2v) is 6.69. The number of hydrogen-bond acceptors (Lipinski definition) is 6. The molecule has 27 heavy (non-hydrogen) atoms. The molecule has 8 nitrogen and oxygen atoms in total. The molecule has 1 N–H and O–H groups in total. The zero-order chi connectivity index (χ0) is 18.8. The molecule has 1 aliphatic rings. The van der Waals surface area contributed by atoms with Gasteiger partial charge in [-0.1, -0.05) is 19.1 Å². The molecular formula is C19H24N6O2. The van der Waals surface area contributed by atoms with Gasteiger partial charge in [-0.25, -0.2) is 14.2 Å². The van der Waals surface area contributed by atoms with Gasteiger partial charge in [0.25, 0.3) is 0 Å². The smallest absolute Gasteiger partial charge is 0.409 e. The molecule has 0 saturated carbocycles. The summed E-state index contributed by atoms with van der Waals surface area (Å²) in [5.74, 6) is 1.65. The number of benzene rings is 1. The van der Waals surface area contributed by atoms with Gasteiger partial charge in [0, 0.05) is 30.9 Å². The van der Waals surface area contributed by atoms with Gasteiger partial charge in [0.1, 0.15) is 5.82 Å². The van der Waals surface area contributed by atoms with Gasteiger partial charge in [-0.3, -0.25) is 0 Å². The van der Waals surface area contributed by atoms with E-state index in [1.54, 1.807) is 4.90 Å². The molecule has 142 valence electrons. The Morgan fingerprint density at radius 2 is 2.00 bits per heavy atom. The van der Waals surface area contributed by atoms with Gasteiger partial charge < -0.3 is 15.0 Å². The minimum absolute atomic E-state index is 0.228. The Morgan fingerprint density at radius 3 is 2.74 bits per heavy atom. The van der Waals surface area contributed by atoms with Gasteiger partial charge in [-0.2, -0.15) is 0 Å². The fraction of sp³-hybridized carbons (Fsp3) is 0.474. The molecule has 0 atom stereocenters. The molecule has 0 radical (unpaired) electrons. The highest BCUT2D eigenvalue weighted by Gasteiger charge is 2.25. The van der Waals surface area contributed by atoms with Crippen LogP contribution in [0.3, 0.4) is 0 Å². The van der Waals surface area contributed by atoms with Crippen LogP contribution in [0.5, 0.6) is 0 Å². The van der Waals surface area contributed by atoms with Gasteiger partial charge in [0.2, 0.25) is 5.95 Å². The molecule has 0 bridgehead atoms. The summed E-state index contributed by atoms with van der Waals surface area (Å²) in [6.07, 6.45) is 2.24. The molecule has 1 aliphatic heterocycles. The quantitative estimate of drug-likeness (QED) is 0.762. The third-order valence-corrected chi connectivity index (χ3v) is 4.98. The van der Waals surface area contributed by atoms with E-state index in [0.29, 0.717) is 19.7 Å². The molecule has 2 aromatic heterocycles. The third-order valence-electron chi connectivity index (χ3n) is 4.98. The van der Waals surface area contributed by atoms with Gasteiger partial charge in [0.15, 0.2) is 5.65 Å². The van der Waals surface area contributed by atoms with E-state index in [4.69, 9.17) is 9.72 Å². The molecule has 1 fully saturated rings. The lowest BCUT2D eigenvalue weighted by Gasteiger charge is -2.32. The first-order chi connectivity index (χ1) is 13.2. The fourth-order valence-corrected chi connectivity index (χ4v) is 3.57. The summed E-state index contributed by atoms with van der Waals surface area (Å²) >= 11 is 0. The molecule has 3 aromatic rings. The van der Waals surface area contributed by atoms with Gasteiger partial charge in [0.05, 0.1) is 12.1 Å². The summed E-state index contributed by atoms with van der Waals surface area (Å²) in [6.45, 7) is 5.65. The first-order valence-corrected chi connectivity index (χ1v) is 9.52. The second kappa shape index (κ2) is 7.38. The van der Waals surface area contributed by atoms with Crippen molar-refractivity contribution in [1.29, 1.82) is 0 Å². The summed E-state index contributed by atoms with van der Waals surface area (Å²) in [4.78, 5) is 18.5. The maximum atomic E-state index is 11.9. The Bertz CT molecular complexity index is 961. The Morgan fingerprint density at radius 1 is 1.22 bits per heavy atom. The zero-order valence-electron chi connectivity index (χ0n) is 15.7. The van der Waals surface area contributed by atoms with E-state index >= 15 is 0 Å². The van der Waals surface area contributed by atoms with Crippen LogP contribution < -0.4 is 5.32 Å². The van der Waals surface area contributed by atoms with Crippen molar-refractivity contribution >= 4 is 28.6 Å². The summed E-state index contributed by atoms with van der Waals surface area (Å²) in [5, 5.41) is 13.3. The van der Waals surface area contributed by atoms with Crippen molar-refractivity contribution in [2.24, 2.45) is 0 Å². The number of carbonyl (C=O) groups is 1. The lowest BCUT2D eigenvalue weighted by molar-refractivity contribution is 0.0983. The van der Waals surface area contributed by atoms with E-state index < -0.39 is 0 Å². The number of fused-ring (bicyclic) bond motifs is 3. The molecule has 3 heterocycles. The highest BCUT2D eigenvalue weighted by molar-refractivity contribution is 5.92. The number of carbonyl (C=O) groups excluding carboxylic acids is 1. The fourth-order valence-electron chi connectivity index (χ4n) is 3.57. The highest BCUT2D eigenvalue weighted by atomic mass is 16.6. The largest absolute Gasteiger partial charge is 0.450 e. The van der Waals surface area contributed by atoms with Crippen LogP contribution in [0.2, 0.25) is 0 Å². The van der Waals surface area contributed by atoms with Crippen LogP contribution in [0, 0.1) is 0 Å². The Kier molecular flexibility index (Phi) is 4.79. The lowest BCUT2D eigenvalue weighted by Crippen LogP contribution is -2.43. The Balaban J connectivity index is 1.60. The first kappa shape index (κ1) is 17.5. The number of hydrogen-bond donors (Lipinski definition) is 1. The van der Waals surface area contributed by atoms with Crippen LogP contribution in [-0.4, -0.2) is 56.3 Å². The first-order valence-electron chi connectivity index (χ1n) is 9.52. The Hall–Kier alpha value is -2.90. The van der Waals surface area contributed by atoms with E-state index in [1.807, 2.05) is 35.6 Å². The molecule has 1 saturated heterocycles. The van der Waals surface area contributed by atoms with Gasteiger partial charge in [-0.05, 0) is 31.9 Å². The average molecular weight is 368 g/mol. The normalized spacial score (nSPS) is 15.4. The predicted molar refractivity (Wildman–Crippen MR) is 103 cm³/mol. The summed E-state index contributed by atoms with van der Waals surface area (Å²) < 4.78 is 7.11. The topological polar surface area (TPSA) is 84.6 Å². The number of para-hydroxylation sites is 1. The van der Waals surface area contributed by atoms with Crippen LogP contribution in [0.15, 0.2) is 24.3 Å². The van der Waals surface area contributed by atoms with Crippen LogP contribution in [0.4, 0.5) is 10.7 Å². The monoisotopic (exact) mass is 368 g/mol. The molecular weight excluding hydrogens is 344 g/mol. The number of aryl methyl sites for hydroxylation is 1. The molecule has 1 aromatic carbocycles. The van der Waals surface area contributed by atoms with Crippen LogP contribution in [0.25, 0.3) is 16.6 Å². The van der Waals surface area contributed by atoms with Crippen LogP contribution in [-0.2, 0) is 11.2 Å². The van der Waals surface area contributed by atoms with E-state index in [1.165, 1.54) is 0 Å². The molecule has 4 rings (SSSR count). The summed E-state index contributed by atoms with van der Waals surface area (Å²) in [7, 11) is 0. The van der Waals surface area contributed by atoms with Crippen molar-refractivity contribution in [1.82, 2.24) is 24.5 Å². The van der Waals surface area contributed by atoms with Crippen LogP contribution in [0.1, 0.15) is 32.5 Å². The minimum atomic E-state index is -0.228. The number of anilines is 1.